The fraction of sp³-hybridized carbons (Fsp3) is 0.533. The number of nitrogens with one attached hydrogen (secondary N) is 1. The van der Waals surface area contributed by atoms with E-state index >= 15 is 0 Å². The molecule has 0 atom stereocenters. The van der Waals surface area contributed by atoms with Crippen molar-refractivity contribution >= 4 is 24.0 Å². The van der Waals surface area contributed by atoms with E-state index in [-0.39, 0.29) is 18.3 Å². The highest BCUT2D eigenvalue weighted by molar-refractivity contribution is 5.98. The molecule has 20 heavy (non-hydrogen) atoms. The Bertz CT molecular complexity index is 420. The van der Waals surface area contributed by atoms with Crippen molar-refractivity contribution in [3.8, 4) is 0 Å². The van der Waals surface area contributed by atoms with Crippen LogP contribution in [0.15, 0.2) is 24.3 Å². The second-order valence-electron chi connectivity index (χ2n) is 4.97. The summed E-state index contributed by atoms with van der Waals surface area (Å²) in [7, 11) is 0. The van der Waals surface area contributed by atoms with Crippen molar-refractivity contribution < 1.29 is 9.53 Å². The van der Waals surface area contributed by atoms with Crippen LogP contribution in [0.5, 0.6) is 0 Å². The van der Waals surface area contributed by atoms with Crippen LogP contribution in [0, 0.1) is 0 Å². The normalized spacial score (nSPS) is 14.8. The molecule has 0 spiro atoms. The molecule has 4 nitrogen and oxygen atoms in total. The largest absolute Gasteiger partial charge is 0.398 e. The van der Waals surface area contributed by atoms with Gasteiger partial charge in [-0.05, 0) is 31.4 Å². The number of nitrogen functional groups attached to an aromatic ring is 1. The van der Waals surface area contributed by atoms with E-state index in [4.69, 9.17) is 10.5 Å². The molecule has 0 saturated heterocycles. The lowest BCUT2D eigenvalue weighted by atomic mass is 10.1. The fourth-order valence-electron chi connectivity index (χ4n) is 2.38. The Morgan fingerprint density at radius 1 is 1.30 bits per heavy atom. The number of hydrogen-bond donors (Lipinski definition) is 2. The van der Waals surface area contributed by atoms with Crippen LogP contribution in [-0.2, 0) is 4.74 Å². The number of halogens is 1. The van der Waals surface area contributed by atoms with E-state index in [9.17, 15) is 4.79 Å². The SMILES string of the molecule is Cl.Nc1ccccc1C(=O)NCCCOC1CCCC1. The molecule has 1 aliphatic carbocycles. The summed E-state index contributed by atoms with van der Waals surface area (Å²) in [6.45, 7) is 1.34. The Hall–Kier alpha value is -1.26. The van der Waals surface area contributed by atoms with Gasteiger partial charge >= 0.3 is 0 Å². The van der Waals surface area contributed by atoms with Gasteiger partial charge in [-0.1, -0.05) is 25.0 Å². The molecule has 1 aromatic rings. The minimum absolute atomic E-state index is 0. The third-order valence-electron chi connectivity index (χ3n) is 3.47. The lowest BCUT2D eigenvalue weighted by Gasteiger charge is -2.11. The van der Waals surface area contributed by atoms with Crippen LogP contribution >= 0.6 is 12.4 Å². The molecule has 0 aromatic heterocycles. The smallest absolute Gasteiger partial charge is 0.253 e. The van der Waals surface area contributed by atoms with Gasteiger partial charge in [0.2, 0.25) is 0 Å². The molecule has 0 unspecified atom stereocenters. The summed E-state index contributed by atoms with van der Waals surface area (Å²) < 4.78 is 5.74. The number of amides is 1. The van der Waals surface area contributed by atoms with Crippen LogP contribution in [0.25, 0.3) is 0 Å². The lowest BCUT2D eigenvalue weighted by Crippen LogP contribution is -2.26. The average molecular weight is 299 g/mol. The molecule has 0 bridgehead atoms. The molecule has 2 rings (SSSR count). The van der Waals surface area contributed by atoms with Crippen LogP contribution in [0.3, 0.4) is 0 Å². The summed E-state index contributed by atoms with van der Waals surface area (Å²) in [5.74, 6) is -0.112. The topological polar surface area (TPSA) is 64.4 Å². The van der Waals surface area contributed by atoms with Crippen LogP contribution in [0.1, 0.15) is 42.5 Å². The summed E-state index contributed by atoms with van der Waals surface area (Å²) in [5.41, 5.74) is 6.81. The van der Waals surface area contributed by atoms with Gasteiger partial charge in [-0.25, -0.2) is 0 Å². The molecule has 1 aliphatic rings. The van der Waals surface area contributed by atoms with Gasteiger partial charge < -0.3 is 15.8 Å². The molecule has 0 radical (unpaired) electrons. The maximum Gasteiger partial charge on any atom is 0.253 e. The number of para-hydroxylation sites is 1. The van der Waals surface area contributed by atoms with Gasteiger partial charge in [-0.3, -0.25) is 4.79 Å². The number of hydrogen-bond acceptors (Lipinski definition) is 3. The highest BCUT2D eigenvalue weighted by atomic mass is 35.5. The number of nitrogens with two attached hydrogens (primary N) is 1. The van der Waals surface area contributed by atoms with E-state index in [0.29, 0.717) is 23.9 Å². The molecule has 1 saturated carbocycles. The van der Waals surface area contributed by atoms with E-state index in [1.807, 2.05) is 12.1 Å². The van der Waals surface area contributed by atoms with Gasteiger partial charge in [0.05, 0.1) is 11.7 Å². The van der Waals surface area contributed by atoms with Gasteiger partial charge in [0.25, 0.3) is 5.91 Å². The first-order chi connectivity index (χ1) is 9.27. The van der Waals surface area contributed by atoms with Crippen molar-refractivity contribution in [2.24, 2.45) is 0 Å². The lowest BCUT2D eigenvalue weighted by molar-refractivity contribution is 0.0565. The number of carbonyl (C=O) groups is 1. The van der Waals surface area contributed by atoms with E-state index in [1.165, 1.54) is 25.7 Å². The molecule has 0 heterocycles. The summed E-state index contributed by atoms with van der Waals surface area (Å²) in [4.78, 5) is 11.9. The Kier molecular flexibility index (Phi) is 7.41. The Balaban J connectivity index is 0.00000200. The van der Waals surface area contributed by atoms with E-state index in [1.54, 1.807) is 12.1 Å². The minimum atomic E-state index is -0.112. The maximum atomic E-state index is 11.9. The minimum Gasteiger partial charge on any atom is -0.398 e. The molecular formula is C15H23ClN2O2. The zero-order chi connectivity index (χ0) is 13.5. The van der Waals surface area contributed by atoms with Crippen molar-refractivity contribution in [1.29, 1.82) is 0 Å². The van der Waals surface area contributed by atoms with E-state index < -0.39 is 0 Å². The number of ether oxygens (including phenoxy) is 1. The zero-order valence-electron chi connectivity index (χ0n) is 11.6. The number of benzene rings is 1. The fourth-order valence-corrected chi connectivity index (χ4v) is 2.38. The highest BCUT2D eigenvalue weighted by Gasteiger charge is 2.14. The third kappa shape index (κ3) is 5.02. The van der Waals surface area contributed by atoms with Gasteiger partial charge in [0, 0.05) is 18.8 Å². The van der Waals surface area contributed by atoms with Crippen LogP contribution in [0.4, 0.5) is 5.69 Å². The molecule has 112 valence electrons. The first-order valence-corrected chi connectivity index (χ1v) is 7.01. The predicted octanol–water partition coefficient (Wildman–Crippen LogP) is 2.77. The second-order valence-corrected chi connectivity index (χ2v) is 4.97. The van der Waals surface area contributed by atoms with Crippen molar-refractivity contribution in [1.82, 2.24) is 5.32 Å². The first-order valence-electron chi connectivity index (χ1n) is 7.01. The third-order valence-corrected chi connectivity index (χ3v) is 3.47. The second kappa shape index (κ2) is 8.82. The Morgan fingerprint density at radius 2 is 2.00 bits per heavy atom. The molecule has 3 N–H and O–H groups in total. The van der Waals surface area contributed by atoms with Gasteiger partial charge in [-0.2, -0.15) is 0 Å². The summed E-state index contributed by atoms with van der Waals surface area (Å²) >= 11 is 0. The standard InChI is InChI=1S/C15H22N2O2.ClH/c16-14-9-4-3-8-13(14)15(18)17-10-5-11-19-12-6-1-2-7-12;/h3-4,8-9,12H,1-2,5-7,10-11,16H2,(H,17,18);1H. The predicted molar refractivity (Wildman–Crippen MR) is 83.3 cm³/mol. The van der Waals surface area contributed by atoms with Gasteiger partial charge in [-0.15, -0.1) is 12.4 Å². The number of rotatable bonds is 6. The van der Waals surface area contributed by atoms with Gasteiger partial charge in [0.15, 0.2) is 0 Å². The molecule has 1 fully saturated rings. The molecule has 1 aromatic carbocycles. The zero-order valence-corrected chi connectivity index (χ0v) is 12.5. The Labute approximate surface area is 126 Å². The molecule has 5 heteroatoms. The van der Waals surface area contributed by atoms with E-state index in [0.717, 1.165) is 13.0 Å². The molecular weight excluding hydrogens is 276 g/mol. The summed E-state index contributed by atoms with van der Waals surface area (Å²) in [6, 6.07) is 7.11. The first kappa shape index (κ1) is 16.8. The maximum absolute atomic E-state index is 11.9. The summed E-state index contributed by atoms with van der Waals surface area (Å²) in [6.07, 6.45) is 6.23. The molecule has 0 aliphatic heterocycles. The van der Waals surface area contributed by atoms with Crippen LogP contribution in [0.2, 0.25) is 0 Å². The van der Waals surface area contributed by atoms with Crippen LogP contribution in [-0.4, -0.2) is 25.2 Å². The number of carbonyl (C=O) groups excluding carboxylic acids is 1. The molecule has 1 amide bonds. The monoisotopic (exact) mass is 298 g/mol. The number of anilines is 1. The van der Waals surface area contributed by atoms with Gasteiger partial charge in [0.1, 0.15) is 0 Å². The van der Waals surface area contributed by atoms with Crippen molar-refractivity contribution in [2.75, 3.05) is 18.9 Å². The van der Waals surface area contributed by atoms with E-state index in [2.05, 4.69) is 5.32 Å². The van der Waals surface area contributed by atoms with Crippen molar-refractivity contribution in [2.45, 2.75) is 38.2 Å². The Morgan fingerprint density at radius 3 is 2.70 bits per heavy atom. The van der Waals surface area contributed by atoms with Crippen molar-refractivity contribution in [3.05, 3.63) is 29.8 Å². The summed E-state index contributed by atoms with van der Waals surface area (Å²) in [5, 5.41) is 2.87. The quantitative estimate of drug-likeness (QED) is 0.627. The van der Waals surface area contributed by atoms with Crippen LogP contribution < -0.4 is 11.1 Å². The highest BCUT2D eigenvalue weighted by Crippen LogP contribution is 2.20. The average Bonchev–Trinajstić information content (AvgIpc) is 2.92. The van der Waals surface area contributed by atoms with Crippen molar-refractivity contribution in [3.63, 3.8) is 0 Å².